The first-order valence-corrected chi connectivity index (χ1v) is 7.06. The van der Waals surface area contributed by atoms with E-state index < -0.39 is 6.09 Å². The van der Waals surface area contributed by atoms with Gasteiger partial charge < -0.3 is 10.4 Å². The van der Waals surface area contributed by atoms with Crippen LogP contribution in [0.3, 0.4) is 0 Å². The minimum Gasteiger partial charge on any atom is -0.465 e. The summed E-state index contributed by atoms with van der Waals surface area (Å²) in [4.78, 5) is 16.2. The Labute approximate surface area is 115 Å². The number of nitrogens with zero attached hydrogens (tertiary/aromatic N) is 1. The van der Waals surface area contributed by atoms with E-state index in [-0.39, 0.29) is 6.04 Å². The van der Waals surface area contributed by atoms with Crippen molar-refractivity contribution in [1.82, 2.24) is 10.3 Å². The van der Waals surface area contributed by atoms with Crippen LogP contribution in [0.25, 0.3) is 10.4 Å². The number of rotatable bonds is 2. The molecule has 0 saturated carbocycles. The topological polar surface area (TPSA) is 62.2 Å². The lowest BCUT2D eigenvalue weighted by molar-refractivity contribution is 0.190. The molecule has 0 radical (unpaired) electrons. The number of fused-ring (bicyclic) bond motifs is 1. The molecule has 1 amide bonds. The molecule has 5 heteroatoms. The van der Waals surface area contributed by atoms with Crippen molar-refractivity contribution in [2.24, 2.45) is 0 Å². The summed E-state index contributed by atoms with van der Waals surface area (Å²) in [7, 11) is 0. The van der Waals surface area contributed by atoms with Crippen LogP contribution in [0.1, 0.15) is 29.3 Å². The Kier molecular flexibility index (Phi) is 2.98. The fourth-order valence-electron chi connectivity index (χ4n) is 2.64. The molecule has 0 fully saturated rings. The summed E-state index contributed by atoms with van der Waals surface area (Å²) in [6.45, 7) is 2.01. The average Bonchev–Trinajstić information content (AvgIpc) is 2.95. The SMILES string of the molecule is Cc1ncsc1-c1ccc2c(c1)CC[C@H]2NC(=O)O. The van der Waals surface area contributed by atoms with Crippen molar-refractivity contribution in [1.29, 1.82) is 0 Å². The van der Waals surface area contributed by atoms with Crippen LogP contribution in [0.4, 0.5) is 4.79 Å². The van der Waals surface area contributed by atoms with Crippen LogP contribution in [0.5, 0.6) is 0 Å². The van der Waals surface area contributed by atoms with Crippen LogP contribution in [0.2, 0.25) is 0 Å². The highest BCUT2D eigenvalue weighted by Crippen LogP contribution is 2.35. The minimum atomic E-state index is -0.958. The zero-order valence-corrected chi connectivity index (χ0v) is 11.3. The lowest BCUT2D eigenvalue weighted by Gasteiger charge is -2.11. The van der Waals surface area contributed by atoms with Crippen molar-refractivity contribution in [3.05, 3.63) is 40.5 Å². The smallest absolute Gasteiger partial charge is 0.405 e. The van der Waals surface area contributed by atoms with Crippen molar-refractivity contribution >= 4 is 17.4 Å². The van der Waals surface area contributed by atoms with Gasteiger partial charge in [-0.05, 0) is 42.5 Å². The summed E-state index contributed by atoms with van der Waals surface area (Å²) >= 11 is 1.64. The third-order valence-electron chi connectivity index (χ3n) is 3.53. The number of thiazole rings is 1. The molecule has 1 aromatic heterocycles. The summed E-state index contributed by atoms with van der Waals surface area (Å²) in [5.74, 6) is 0. The van der Waals surface area contributed by atoms with E-state index in [4.69, 9.17) is 5.11 Å². The highest BCUT2D eigenvalue weighted by Gasteiger charge is 2.24. The molecular weight excluding hydrogens is 260 g/mol. The lowest BCUT2D eigenvalue weighted by Crippen LogP contribution is -2.24. The molecule has 19 heavy (non-hydrogen) atoms. The van der Waals surface area contributed by atoms with E-state index in [9.17, 15) is 4.79 Å². The van der Waals surface area contributed by atoms with E-state index in [1.165, 1.54) is 16.0 Å². The summed E-state index contributed by atoms with van der Waals surface area (Å²) in [5.41, 5.74) is 6.42. The molecule has 4 nitrogen and oxygen atoms in total. The number of hydrogen-bond donors (Lipinski definition) is 2. The van der Waals surface area contributed by atoms with Gasteiger partial charge in [-0.25, -0.2) is 9.78 Å². The van der Waals surface area contributed by atoms with E-state index in [1.807, 2.05) is 18.5 Å². The highest BCUT2D eigenvalue weighted by atomic mass is 32.1. The van der Waals surface area contributed by atoms with Gasteiger partial charge in [-0.3, -0.25) is 0 Å². The summed E-state index contributed by atoms with van der Waals surface area (Å²) < 4.78 is 0. The molecule has 2 aromatic rings. The first-order chi connectivity index (χ1) is 9.15. The van der Waals surface area contributed by atoms with Gasteiger partial charge in [0.25, 0.3) is 0 Å². The van der Waals surface area contributed by atoms with Gasteiger partial charge in [0.1, 0.15) is 0 Å². The van der Waals surface area contributed by atoms with Gasteiger partial charge >= 0.3 is 6.09 Å². The molecule has 0 spiro atoms. The third kappa shape index (κ3) is 2.21. The molecule has 1 atom stereocenters. The van der Waals surface area contributed by atoms with Crippen molar-refractivity contribution in [2.75, 3.05) is 0 Å². The Hall–Kier alpha value is -1.88. The Balaban J connectivity index is 1.94. The molecule has 2 N–H and O–H groups in total. The first-order valence-electron chi connectivity index (χ1n) is 6.18. The molecule has 0 saturated heterocycles. The number of nitrogens with one attached hydrogen (secondary N) is 1. The van der Waals surface area contributed by atoms with Crippen LogP contribution >= 0.6 is 11.3 Å². The lowest BCUT2D eigenvalue weighted by atomic mass is 10.0. The van der Waals surface area contributed by atoms with Crippen LogP contribution in [0, 0.1) is 6.92 Å². The van der Waals surface area contributed by atoms with Gasteiger partial charge in [0.15, 0.2) is 0 Å². The van der Waals surface area contributed by atoms with Crippen LogP contribution < -0.4 is 5.32 Å². The quantitative estimate of drug-likeness (QED) is 0.882. The number of carboxylic acid groups (broad SMARTS) is 1. The zero-order valence-electron chi connectivity index (χ0n) is 10.5. The monoisotopic (exact) mass is 274 g/mol. The van der Waals surface area contributed by atoms with E-state index >= 15 is 0 Å². The summed E-state index contributed by atoms with van der Waals surface area (Å²) in [6.07, 6.45) is 0.805. The second-order valence-corrected chi connectivity index (χ2v) is 5.58. The third-order valence-corrected chi connectivity index (χ3v) is 4.50. The number of hydrogen-bond acceptors (Lipinski definition) is 3. The Morgan fingerprint density at radius 2 is 2.37 bits per heavy atom. The fourth-order valence-corrected chi connectivity index (χ4v) is 3.44. The maximum Gasteiger partial charge on any atom is 0.405 e. The maximum atomic E-state index is 10.7. The maximum absolute atomic E-state index is 10.7. The second-order valence-electron chi connectivity index (χ2n) is 4.72. The molecular formula is C14H14N2O2S. The van der Waals surface area contributed by atoms with Crippen molar-refractivity contribution in [2.45, 2.75) is 25.8 Å². The summed E-state index contributed by atoms with van der Waals surface area (Å²) in [6, 6.07) is 6.20. The molecule has 1 heterocycles. The van der Waals surface area contributed by atoms with E-state index in [1.54, 1.807) is 11.3 Å². The molecule has 1 aromatic carbocycles. The van der Waals surface area contributed by atoms with Crippen LogP contribution in [-0.2, 0) is 6.42 Å². The van der Waals surface area contributed by atoms with Gasteiger partial charge in [0.2, 0.25) is 0 Å². The van der Waals surface area contributed by atoms with Crippen LogP contribution in [0.15, 0.2) is 23.7 Å². The fraction of sp³-hybridized carbons (Fsp3) is 0.286. The number of aryl methyl sites for hydroxylation is 2. The van der Waals surface area contributed by atoms with Gasteiger partial charge in [-0.15, -0.1) is 11.3 Å². The number of amides is 1. The molecule has 98 valence electrons. The molecule has 0 bridgehead atoms. The molecule has 1 aliphatic carbocycles. The van der Waals surface area contributed by atoms with E-state index in [2.05, 4.69) is 22.4 Å². The predicted octanol–water partition coefficient (Wildman–Crippen LogP) is 3.37. The Morgan fingerprint density at radius 3 is 3.05 bits per heavy atom. The average molecular weight is 274 g/mol. The minimum absolute atomic E-state index is 0.0656. The highest BCUT2D eigenvalue weighted by molar-refractivity contribution is 7.13. The van der Waals surface area contributed by atoms with Gasteiger partial charge in [0.05, 0.1) is 22.1 Å². The first kappa shape index (κ1) is 12.2. The van der Waals surface area contributed by atoms with Crippen molar-refractivity contribution < 1.29 is 9.90 Å². The standard InChI is InChI=1S/C14H14N2O2S/c1-8-13(19-7-15-8)10-2-4-11-9(6-10)3-5-12(11)16-14(17)18/h2,4,6-7,12,16H,3,5H2,1H3,(H,17,18)/t12-/m1/s1. The molecule has 3 rings (SSSR count). The molecule has 0 aliphatic heterocycles. The van der Waals surface area contributed by atoms with Gasteiger partial charge in [-0.2, -0.15) is 0 Å². The molecule has 1 aliphatic rings. The molecule has 0 unspecified atom stereocenters. The van der Waals surface area contributed by atoms with Crippen molar-refractivity contribution in [3.63, 3.8) is 0 Å². The van der Waals surface area contributed by atoms with Gasteiger partial charge in [-0.1, -0.05) is 12.1 Å². The van der Waals surface area contributed by atoms with Gasteiger partial charge in [0, 0.05) is 0 Å². The van der Waals surface area contributed by atoms with E-state index in [0.29, 0.717) is 0 Å². The number of aromatic nitrogens is 1. The van der Waals surface area contributed by atoms with Crippen molar-refractivity contribution in [3.8, 4) is 10.4 Å². The normalized spacial score (nSPS) is 17.2. The second kappa shape index (κ2) is 4.66. The number of benzene rings is 1. The summed E-state index contributed by atoms with van der Waals surface area (Å²) in [5, 5.41) is 11.4. The largest absolute Gasteiger partial charge is 0.465 e. The Morgan fingerprint density at radius 1 is 1.53 bits per heavy atom. The van der Waals surface area contributed by atoms with E-state index in [0.717, 1.165) is 24.1 Å². The van der Waals surface area contributed by atoms with Crippen LogP contribution in [-0.4, -0.2) is 16.2 Å². The number of carbonyl (C=O) groups is 1. The predicted molar refractivity (Wildman–Crippen MR) is 74.5 cm³/mol. The zero-order chi connectivity index (χ0) is 13.4. The Bertz CT molecular complexity index is 636.